The van der Waals surface area contributed by atoms with E-state index in [0.29, 0.717) is 17.7 Å². The molecule has 0 radical (unpaired) electrons. The molecule has 0 aromatic carbocycles. The van der Waals surface area contributed by atoms with Crippen molar-refractivity contribution in [2.24, 2.45) is 0 Å². The SMILES string of the molecule is CSc1nc(N)c(C(C)C)c(C(C)C)n1. The highest BCUT2D eigenvalue weighted by molar-refractivity contribution is 7.98. The maximum absolute atomic E-state index is 5.97. The third-order valence-electron chi connectivity index (χ3n) is 2.29. The first kappa shape index (κ1) is 12.3. The molecule has 84 valence electrons. The molecule has 1 rings (SSSR count). The van der Waals surface area contributed by atoms with Crippen LogP contribution in [-0.4, -0.2) is 16.2 Å². The molecule has 0 saturated heterocycles. The Balaban J connectivity index is 3.36. The molecule has 2 N–H and O–H groups in total. The van der Waals surface area contributed by atoms with Crippen molar-refractivity contribution >= 4 is 17.6 Å². The van der Waals surface area contributed by atoms with Gasteiger partial charge in [0.05, 0.1) is 5.69 Å². The van der Waals surface area contributed by atoms with E-state index in [-0.39, 0.29) is 0 Å². The van der Waals surface area contributed by atoms with E-state index in [9.17, 15) is 0 Å². The zero-order valence-electron chi connectivity index (χ0n) is 10.0. The molecule has 0 spiro atoms. The van der Waals surface area contributed by atoms with E-state index in [2.05, 4.69) is 37.7 Å². The largest absolute Gasteiger partial charge is 0.383 e. The number of nitrogens with zero attached hydrogens (tertiary/aromatic N) is 2. The summed E-state index contributed by atoms with van der Waals surface area (Å²) >= 11 is 1.53. The van der Waals surface area contributed by atoms with Crippen LogP contribution in [0.4, 0.5) is 5.82 Å². The first-order valence-corrected chi connectivity index (χ1v) is 6.41. The van der Waals surface area contributed by atoms with Gasteiger partial charge in [-0.1, -0.05) is 39.5 Å². The molecule has 1 aromatic heterocycles. The lowest BCUT2D eigenvalue weighted by Gasteiger charge is -2.17. The number of hydrogen-bond acceptors (Lipinski definition) is 4. The maximum Gasteiger partial charge on any atom is 0.189 e. The number of aromatic nitrogens is 2. The smallest absolute Gasteiger partial charge is 0.189 e. The van der Waals surface area contributed by atoms with Crippen LogP contribution >= 0.6 is 11.8 Å². The molecule has 1 heterocycles. The molecule has 0 atom stereocenters. The fourth-order valence-electron chi connectivity index (χ4n) is 1.61. The predicted octanol–water partition coefficient (Wildman–Crippen LogP) is 3.03. The van der Waals surface area contributed by atoms with E-state index in [1.807, 2.05) is 6.26 Å². The third-order valence-corrected chi connectivity index (χ3v) is 2.84. The zero-order chi connectivity index (χ0) is 11.6. The lowest BCUT2D eigenvalue weighted by Crippen LogP contribution is -2.09. The maximum atomic E-state index is 5.97. The van der Waals surface area contributed by atoms with Gasteiger partial charge in [-0.15, -0.1) is 0 Å². The Morgan fingerprint density at radius 2 is 1.67 bits per heavy atom. The Hall–Kier alpha value is -0.770. The molecule has 15 heavy (non-hydrogen) atoms. The van der Waals surface area contributed by atoms with Gasteiger partial charge in [-0.05, 0) is 18.1 Å². The van der Waals surface area contributed by atoms with Crippen molar-refractivity contribution in [2.45, 2.75) is 44.7 Å². The molecule has 0 aliphatic rings. The van der Waals surface area contributed by atoms with Gasteiger partial charge in [-0.2, -0.15) is 0 Å². The van der Waals surface area contributed by atoms with Crippen LogP contribution < -0.4 is 5.73 Å². The molecule has 0 fully saturated rings. The first-order chi connectivity index (χ1) is 6.97. The van der Waals surface area contributed by atoms with Crippen LogP contribution in [0, 0.1) is 0 Å². The minimum Gasteiger partial charge on any atom is -0.383 e. The van der Waals surface area contributed by atoms with Crippen LogP contribution in [0.2, 0.25) is 0 Å². The minimum atomic E-state index is 0.373. The fraction of sp³-hybridized carbons (Fsp3) is 0.636. The van der Waals surface area contributed by atoms with Gasteiger partial charge in [-0.3, -0.25) is 0 Å². The topological polar surface area (TPSA) is 51.8 Å². The van der Waals surface area contributed by atoms with Crippen LogP contribution in [0.3, 0.4) is 0 Å². The zero-order valence-corrected chi connectivity index (χ0v) is 10.9. The Morgan fingerprint density at radius 3 is 2.07 bits per heavy atom. The molecule has 0 amide bonds. The average Bonchev–Trinajstić information content (AvgIpc) is 2.15. The van der Waals surface area contributed by atoms with Crippen molar-refractivity contribution in [3.05, 3.63) is 11.3 Å². The van der Waals surface area contributed by atoms with Gasteiger partial charge in [0.15, 0.2) is 5.16 Å². The Bertz CT molecular complexity index is 348. The minimum absolute atomic E-state index is 0.373. The molecule has 1 aromatic rings. The van der Waals surface area contributed by atoms with Crippen LogP contribution in [0.15, 0.2) is 5.16 Å². The summed E-state index contributed by atoms with van der Waals surface area (Å²) in [5.41, 5.74) is 8.16. The van der Waals surface area contributed by atoms with Crippen molar-refractivity contribution in [2.75, 3.05) is 12.0 Å². The molecule has 3 nitrogen and oxygen atoms in total. The van der Waals surface area contributed by atoms with E-state index < -0.39 is 0 Å². The number of hydrogen-bond donors (Lipinski definition) is 1. The summed E-state index contributed by atoms with van der Waals surface area (Å²) < 4.78 is 0. The number of nitrogens with two attached hydrogens (primary N) is 1. The molecule has 0 bridgehead atoms. The van der Waals surface area contributed by atoms with E-state index in [4.69, 9.17) is 5.73 Å². The second-order valence-corrected chi connectivity index (χ2v) is 4.98. The van der Waals surface area contributed by atoms with Gasteiger partial charge >= 0.3 is 0 Å². The van der Waals surface area contributed by atoms with Crippen molar-refractivity contribution in [1.82, 2.24) is 9.97 Å². The summed E-state index contributed by atoms with van der Waals surface area (Å²) in [4.78, 5) is 8.83. The van der Waals surface area contributed by atoms with Crippen molar-refractivity contribution < 1.29 is 0 Å². The van der Waals surface area contributed by atoms with E-state index in [1.165, 1.54) is 11.8 Å². The van der Waals surface area contributed by atoms with E-state index in [0.717, 1.165) is 16.4 Å². The van der Waals surface area contributed by atoms with Gasteiger partial charge in [0.2, 0.25) is 0 Å². The Labute approximate surface area is 95.9 Å². The van der Waals surface area contributed by atoms with Gasteiger partial charge in [0.25, 0.3) is 0 Å². The normalized spacial score (nSPS) is 11.4. The number of thioether (sulfide) groups is 1. The summed E-state index contributed by atoms with van der Waals surface area (Å²) in [5.74, 6) is 1.39. The number of nitrogen functional groups attached to an aromatic ring is 1. The first-order valence-electron chi connectivity index (χ1n) is 5.18. The Kier molecular flexibility index (Phi) is 3.97. The molecule has 0 unspecified atom stereocenters. The summed E-state index contributed by atoms with van der Waals surface area (Å²) in [7, 11) is 0. The highest BCUT2D eigenvalue weighted by atomic mass is 32.2. The monoisotopic (exact) mass is 225 g/mol. The molecule has 0 saturated carbocycles. The summed E-state index contributed by atoms with van der Waals surface area (Å²) in [5, 5.41) is 0.764. The quantitative estimate of drug-likeness (QED) is 0.634. The standard InChI is InChI=1S/C11H19N3S/c1-6(2)8-9(7(3)4)13-11(15-5)14-10(8)12/h6-7H,1-5H3,(H2,12,13,14). The second-order valence-electron chi connectivity index (χ2n) is 4.20. The number of rotatable bonds is 3. The van der Waals surface area contributed by atoms with Gasteiger partial charge < -0.3 is 5.73 Å². The Morgan fingerprint density at radius 1 is 1.07 bits per heavy atom. The average molecular weight is 225 g/mol. The molecule has 4 heteroatoms. The van der Waals surface area contributed by atoms with Gasteiger partial charge in [0.1, 0.15) is 5.82 Å². The molecular formula is C11H19N3S. The second kappa shape index (κ2) is 4.84. The highest BCUT2D eigenvalue weighted by Gasteiger charge is 2.17. The molecule has 0 aliphatic heterocycles. The van der Waals surface area contributed by atoms with Gasteiger partial charge in [-0.25, -0.2) is 9.97 Å². The van der Waals surface area contributed by atoms with Gasteiger partial charge in [0, 0.05) is 5.56 Å². The fourth-order valence-corrected chi connectivity index (χ4v) is 1.98. The third kappa shape index (κ3) is 2.62. The lowest BCUT2D eigenvalue weighted by atomic mass is 9.96. The van der Waals surface area contributed by atoms with Crippen molar-refractivity contribution in [1.29, 1.82) is 0 Å². The highest BCUT2D eigenvalue weighted by Crippen LogP contribution is 2.29. The molecule has 0 aliphatic carbocycles. The summed E-state index contributed by atoms with van der Waals surface area (Å²) in [6.45, 7) is 8.52. The van der Waals surface area contributed by atoms with Crippen LogP contribution in [0.25, 0.3) is 0 Å². The summed E-state index contributed by atoms with van der Waals surface area (Å²) in [6, 6.07) is 0. The summed E-state index contributed by atoms with van der Waals surface area (Å²) in [6.07, 6.45) is 1.97. The van der Waals surface area contributed by atoms with Crippen molar-refractivity contribution in [3.8, 4) is 0 Å². The van der Waals surface area contributed by atoms with Crippen molar-refractivity contribution in [3.63, 3.8) is 0 Å². The predicted molar refractivity (Wildman–Crippen MR) is 66.4 cm³/mol. The lowest BCUT2D eigenvalue weighted by molar-refractivity contribution is 0.724. The molecular weight excluding hydrogens is 206 g/mol. The van der Waals surface area contributed by atoms with Crippen LogP contribution in [0.1, 0.15) is 50.8 Å². The van der Waals surface area contributed by atoms with E-state index >= 15 is 0 Å². The number of anilines is 1. The van der Waals surface area contributed by atoms with E-state index in [1.54, 1.807) is 0 Å². The van der Waals surface area contributed by atoms with Crippen LogP contribution in [-0.2, 0) is 0 Å². The van der Waals surface area contributed by atoms with Crippen LogP contribution in [0.5, 0.6) is 0 Å².